The number of hydrogen-bond donors (Lipinski definition) is 1. The zero-order valence-electron chi connectivity index (χ0n) is 11.5. The summed E-state index contributed by atoms with van der Waals surface area (Å²) in [6, 6.07) is 6.39. The van der Waals surface area contributed by atoms with Gasteiger partial charge in [-0.15, -0.1) is 0 Å². The topological polar surface area (TPSA) is 29.3 Å². The number of nitrogens with two attached hydrogens (primary N) is 1. The average molecular weight is 279 g/mol. The van der Waals surface area contributed by atoms with E-state index in [1.807, 2.05) is 6.07 Å². The van der Waals surface area contributed by atoms with E-state index in [4.69, 9.17) is 17.3 Å². The maximum atomic E-state index is 6.25. The molecule has 2 N–H and O–H groups in total. The molecule has 0 spiro atoms. The average Bonchev–Trinajstić information content (AvgIpc) is 2.47. The monoisotopic (exact) mass is 278 g/mol. The Kier molecular flexibility index (Phi) is 3.84. The Balaban J connectivity index is 2.02. The largest absolute Gasteiger partial charge is 0.328 e. The summed E-state index contributed by atoms with van der Waals surface area (Å²) in [7, 11) is 0. The lowest BCUT2D eigenvalue weighted by atomic mass is 9.74. The van der Waals surface area contributed by atoms with E-state index in [1.165, 1.54) is 56.3 Å². The Morgan fingerprint density at radius 2 is 1.95 bits per heavy atom. The van der Waals surface area contributed by atoms with E-state index >= 15 is 0 Å². The summed E-state index contributed by atoms with van der Waals surface area (Å²) >= 11 is 6.15. The first-order valence-electron chi connectivity index (χ1n) is 7.50. The van der Waals surface area contributed by atoms with Crippen LogP contribution in [-0.4, -0.2) is 24.5 Å². The first-order chi connectivity index (χ1) is 9.26. The van der Waals surface area contributed by atoms with Crippen LogP contribution in [0.1, 0.15) is 43.2 Å². The summed E-state index contributed by atoms with van der Waals surface area (Å²) in [4.78, 5) is 2.64. The summed E-state index contributed by atoms with van der Waals surface area (Å²) in [6.45, 7) is 3.11. The molecule has 1 heterocycles. The second-order valence-corrected chi connectivity index (χ2v) is 6.37. The number of nitrogens with zero attached hydrogens (tertiary/aromatic N) is 1. The van der Waals surface area contributed by atoms with Crippen molar-refractivity contribution in [1.82, 2.24) is 4.90 Å². The fourth-order valence-corrected chi connectivity index (χ4v) is 4.12. The van der Waals surface area contributed by atoms with Gasteiger partial charge in [-0.3, -0.25) is 4.90 Å². The lowest BCUT2D eigenvalue weighted by Crippen LogP contribution is -2.54. The van der Waals surface area contributed by atoms with Gasteiger partial charge in [0.25, 0.3) is 0 Å². The van der Waals surface area contributed by atoms with Gasteiger partial charge in [0.15, 0.2) is 0 Å². The lowest BCUT2D eigenvalue weighted by molar-refractivity contribution is 0.0546. The molecular formula is C16H23ClN2. The summed E-state index contributed by atoms with van der Waals surface area (Å²) in [5.74, 6) is 0. The van der Waals surface area contributed by atoms with Gasteiger partial charge in [0.1, 0.15) is 0 Å². The second kappa shape index (κ2) is 5.43. The van der Waals surface area contributed by atoms with Crippen molar-refractivity contribution in [2.75, 3.05) is 19.6 Å². The molecule has 0 saturated carbocycles. The molecule has 0 aromatic heterocycles. The number of aryl methyl sites for hydroxylation is 1. The number of fused-ring (bicyclic) bond motifs is 1. The smallest absolute Gasteiger partial charge is 0.0586 e. The quantitative estimate of drug-likeness (QED) is 0.899. The highest BCUT2D eigenvalue weighted by atomic mass is 35.5. The van der Waals surface area contributed by atoms with Crippen molar-refractivity contribution >= 4 is 11.6 Å². The van der Waals surface area contributed by atoms with Crippen molar-refractivity contribution in [3.05, 3.63) is 34.3 Å². The molecule has 2 aliphatic rings. The van der Waals surface area contributed by atoms with Gasteiger partial charge in [-0.05, 0) is 68.5 Å². The van der Waals surface area contributed by atoms with E-state index in [0.717, 1.165) is 18.0 Å². The molecule has 0 radical (unpaired) electrons. The molecule has 3 rings (SSSR count). The molecule has 1 atom stereocenters. The number of likely N-dealkylation sites (tertiary alicyclic amines) is 1. The Morgan fingerprint density at radius 1 is 1.16 bits per heavy atom. The number of benzene rings is 1. The molecule has 0 bridgehead atoms. The normalized spacial score (nSPS) is 28.1. The van der Waals surface area contributed by atoms with Crippen molar-refractivity contribution in [1.29, 1.82) is 0 Å². The van der Waals surface area contributed by atoms with Crippen LogP contribution < -0.4 is 5.73 Å². The van der Waals surface area contributed by atoms with E-state index in [9.17, 15) is 0 Å². The number of halogens is 1. The third kappa shape index (κ3) is 2.31. The molecule has 1 aromatic carbocycles. The molecule has 1 fully saturated rings. The fraction of sp³-hybridized carbons (Fsp3) is 0.625. The first-order valence-corrected chi connectivity index (χ1v) is 7.88. The first kappa shape index (κ1) is 13.4. The summed E-state index contributed by atoms with van der Waals surface area (Å²) in [5.41, 5.74) is 9.16. The van der Waals surface area contributed by atoms with E-state index in [-0.39, 0.29) is 5.54 Å². The van der Waals surface area contributed by atoms with Crippen molar-refractivity contribution in [3.63, 3.8) is 0 Å². The number of rotatable bonds is 2. The van der Waals surface area contributed by atoms with Gasteiger partial charge >= 0.3 is 0 Å². The maximum Gasteiger partial charge on any atom is 0.0586 e. The van der Waals surface area contributed by atoms with Crippen molar-refractivity contribution < 1.29 is 0 Å². The van der Waals surface area contributed by atoms with Gasteiger partial charge in [0, 0.05) is 11.6 Å². The van der Waals surface area contributed by atoms with Crippen LogP contribution in [0.2, 0.25) is 5.02 Å². The highest BCUT2D eigenvalue weighted by molar-refractivity contribution is 6.30. The lowest BCUT2D eigenvalue weighted by Gasteiger charge is -2.48. The van der Waals surface area contributed by atoms with Crippen LogP contribution in [0.25, 0.3) is 0 Å². The zero-order valence-corrected chi connectivity index (χ0v) is 12.3. The van der Waals surface area contributed by atoms with Gasteiger partial charge in [-0.1, -0.05) is 24.1 Å². The number of piperidine rings is 1. The molecule has 104 valence electrons. The molecule has 1 unspecified atom stereocenters. The summed E-state index contributed by atoms with van der Waals surface area (Å²) in [6.07, 6.45) is 7.55. The van der Waals surface area contributed by atoms with Crippen molar-refractivity contribution in [3.8, 4) is 0 Å². The molecule has 19 heavy (non-hydrogen) atoms. The SMILES string of the molecule is NCC1(N2CCCCC2)CCCc2cc(Cl)ccc21. The standard InChI is InChI=1S/C16H23ClN2/c17-14-6-7-15-13(11-14)5-4-8-16(15,12-18)19-9-2-1-3-10-19/h6-7,11H,1-5,8-10,12,18H2. The third-order valence-corrected chi connectivity index (χ3v) is 5.14. The highest BCUT2D eigenvalue weighted by Crippen LogP contribution is 2.41. The molecule has 2 nitrogen and oxygen atoms in total. The van der Waals surface area contributed by atoms with Crippen LogP contribution in [0.5, 0.6) is 0 Å². The molecule has 0 amide bonds. The van der Waals surface area contributed by atoms with Crippen LogP contribution in [-0.2, 0) is 12.0 Å². The Hall–Kier alpha value is -0.570. The van der Waals surface area contributed by atoms with Gasteiger partial charge in [0.2, 0.25) is 0 Å². The molecule has 1 aliphatic heterocycles. The second-order valence-electron chi connectivity index (χ2n) is 5.94. The molecule has 1 aliphatic carbocycles. The summed E-state index contributed by atoms with van der Waals surface area (Å²) in [5, 5.41) is 0.852. The van der Waals surface area contributed by atoms with Crippen LogP contribution >= 0.6 is 11.6 Å². The van der Waals surface area contributed by atoms with Crippen LogP contribution in [0, 0.1) is 0 Å². The Bertz CT molecular complexity index is 454. The predicted octanol–water partition coefficient (Wildman–Crippen LogP) is 3.32. The minimum absolute atomic E-state index is 0.0680. The van der Waals surface area contributed by atoms with Crippen molar-refractivity contribution in [2.24, 2.45) is 5.73 Å². The molecule has 3 heteroatoms. The third-order valence-electron chi connectivity index (χ3n) is 4.90. The van der Waals surface area contributed by atoms with Gasteiger partial charge < -0.3 is 5.73 Å². The van der Waals surface area contributed by atoms with Gasteiger partial charge in [-0.25, -0.2) is 0 Å². The van der Waals surface area contributed by atoms with E-state index < -0.39 is 0 Å². The van der Waals surface area contributed by atoms with Crippen LogP contribution in [0.15, 0.2) is 18.2 Å². The van der Waals surface area contributed by atoms with Gasteiger partial charge in [0.05, 0.1) is 5.54 Å². The molecule has 1 aromatic rings. The highest BCUT2D eigenvalue weighted by Gasteiger charge is 2.40. The minimum atomic E-state index is 0.0680. The Labute approximate surface area is 120 Å². The predicted molar refractivity (Wildman–Crippen MR) is 80.5 cm³/mol. The van der Waals surface area contributed by atoms with Crippen molar-refractivity contribution in [2.45, 2.75) is 44.1 Å². The minimum Gasteiger partial charge on any atom is -0.328 e. The molecule has 1 saturated heterocycles. The van der Waals surface area contributed by atoms with E-state index in [0.29, 0.717) is 0 Å². The van der Waals surface area contributed by atoms with E-state index in [1.54, 1.807) is 0 Å². The fourth-order valence-electron chi connectivity index (χ4n) is 3.92. The summed E-state index contributed by atoms with van der Waals surface area (Å²) < 4.78 is 0. The Morgan fingerprint density at radius 3 is 2.68 bits per heavy atom. The van der Waals surface area contributed by atoms with E-state index in [2.05, 4.69) is 17.0 Å². The van der Waals surface area contributed by atoms with Gasteiger partial charge in [-0.2, -0.15) is 0 Å². The molecular weight excluding hydrogens is 256 g/mol. The maximum absolute atomic E-state index is 6.25. The van der Waals surface area contributed by atoms with Crippen LogP contribution in [0.3, 0.4) is 0 Å². The van der Waals surface area contributed by atoms with Crippen LogP contribution in [0.4, 0.5) is 0 Å². The number of hydrogen-bond acceptors (Lipinski definition) is 2. The zero-order chi connectivity index (χ0) is 13.3.